The van der Waals surface area contributed by atoms with E-state index in [4.69, 9.17) is 10.2 Å². The second-order valence-electron chi connectivity index (χ2n) is 3.64. The second-order valence-corrected chi connectivity index (χ2v) is 3.64. The molecule has 4 heteroatoms. The summed E-state index contributed by atoms with van der Waals surface area (Å²) >= 11 is 0. The standard InChI is InChI=1S/C12H14N2O2/c15-12(16)10-8-13-11(14-10)7-6-9-4-2-1-3-5-9/h1-5,8,12,15-16H,6-7H2,(H,13,14). The first-order chi connectivity index (χ1) is 7.75. The highest BCUT2D eigenvalue weighted by atomic mass is 16.5. The zero-order chi connectivity index (χ0) is 11.4. The molecule has 4 nitrogen and oxygen atoms in total. The number of hydrogen-bond donors (Lipinski definition) is 3. The first-order valence-corrected chi connectivity index (χ1v) is 5.19. The molecule has 2 aromatic rings. The summed E-state index contributed by atoms with van der Waals surface area (Å²) in [4.78, 5) is 6.95. The SMILES string of the molecule is OC(O)c1cnc(CCc2ccccc2)[nH]1. The molecular formula is C12H14N2O2. The Morgan fingerprint density at radius 1 is 1.12 bits per heavy atom. The molecule has 0 aliphatic heterocycles. The minimum atomic E-state index is -1.47. The van der Waals surface area contributed by atoms with Gasteiger partial charge in [-0.2, -0.15) is 0 Å². The molecule has 0 radical (unpaired) electrons. The van der Waals surface area contributed by atoms with Gasteiger partial charge in [-0.25, -0.2) is 4.98 Å². The quantitative estimate of drug-likeness (QED) is 0.675. The molecule has 3 N–H and O–H groups in total. The number of nitrogens with one attached hydrogen (secondary N) is 1. The summed E-state index contributed by atoms with van der Waals surface area (Å²) in [5.74, 6) is 0.770. The Morgan fingerprint density at radius 3 is 2.50 bits per heavy atom. The Balaban J connectivity index is 1.95. The third kappa shape index (κ3) is 2.68. The minimum absolute atomic E-state index is 0.336. The zero-order valence-electron chi connectivity index (χ0n) is 8.80. The molecule has 84 valence electrons. The molecule has 0 aliphatic carbocycles. The van der Waals surface area contributed by atoms with Crippen LogP contribution in [0.15, 0.2) is 36.5 Å². The Morgan fingerprint density at radius 2 is 1.88 bits per heavy atom. The normalized spacial score (nSPS) is 10.9. The van der Waals surface area contributed by atoms with Crippen LogP contribution in [0.4, 0.5) is 0 Å². The van der Waals surface area contributed by atoms with Crippen LogP contribution in [-0.2, 0) is 12.8 Å². The summed E-state index contributed by atoms with van der Waals surface area (Å²) in [5, 5.41) is 17.8. The highest BCUT2D eigenvalue weighted by molar-refractivity contribution is 5.15. The van der Waals surface area contributed by atoms with E-state index in [0.717, 1.165) is 18.7 Å². The molecule has 1 heterocycles. The average molecular weight is 218 g/mol. The molecule has 0 atom stereocenters. The lowest BCUT2D eigenvalue weighted by atomic mass is 10.1. The van der Waals surface area contributed by atoms with Crippen LogP contribution in [0.2, 0.25) is 0 Å². The first kappa shape index (κ1) is 10.9. The first-order valence-electron chi connectivity index (χ1n) is 5.19. The Kier molecular flexibility index (Phi) is 3.34. The molecule has 0 saturated heterocycles. The maximum atomic E-state index is 8.91. The molecular weight excluding hydrogens is 204 g/mol. The van der Waals surface area contributed by atoms with Gasteiger partial charge in [0.1, 0.15) is 5.82 Å². The van der Waals surface area contributed by atoms with Crippen LogP contribution in [0.3, 0.4) is 0 Å². The van der Waals surface area contributed by atoms with Crippen LogP contribution in [0, 0.1) is 0 Å². The molecule has 0 aliphatic rings. The van der Waals surface area contributed by atoms with E-state index in [9.17, 15) is 0 Å². The van der Waals surface area contributed by atoms with E-state index in [1.165, 1.54) is 11.8 Å². The summed E-state index contributed by atoms with van der Waals surface area (Å²) in [7, 11) is 0. The summed E-state index contributed by atoms with van der Waals surface area (Å²) in [6.45, 7) is 0. The zero-order valence-corrected chi connectivity index (χ0v) is 8.80. The van der Waals surface area contributed by atoms with Crippen molar-refractivity contribution in [3.63, 3.8) is 0 Å². The highest BCUT2D eigenvalue weighted by Gasteiger charge is 2.06. The number of hydrogen-bond acceptors (Lipinski definition) is 3. The van der Waals surface area contributed by atoms with Crippen LogP contribution >= 0.6 is 0 Å². The van der Waals surface area contributed by atoms with Gasteiger partial charge in [0.2, 0.25) is 0 Å². The predicted octanol–water partition coefficient (Wildman–Crippen LogP) is 1.18. The van der Waals surface area contributed by atoms with Crippen LogP contribution in [0.5, 0.6) is 0 Å². The van der Waals surface area contributed by atoms with Crippen molar-refractivity contribution < 1.29 is 10.2 Å². The molecule has 16 heavy (non-hydrogen) atoms. The van der Waals surface area contributed by atoms with Gasteiger partial charge in [-0.05, 0) is 12.0 Å². The molecule has 0 unspecified atom stereocenters. The molecule has 1 aromatic carbocycles. The van der Waals surface area contributed by atoms with E-state index in [-0.39, 0.29) is 0 Å². The second kappa shape index (κ2) is 4.92. The predicted molar refractivity (Wildman–Crippen MR) is 59.6 cm³/mol. The fourth-order valence-electron chi connectivity index (χ4n) is 1.54. The number of nitrogens with zero attached hydrogens (tertiary/aromatic N) is 1. The number of aliphatic hydroxyl groups is 2. The van der Waals surface area contributed by atoms with E-state index >= 15 is 0 Å². The number of aromatic amines is 1. The van der Waals surface area contributed by atoms with Crippen molar-refractivity contribution in [2.45, 2.75) is 19.1 Å². The van der Waals surface area contributed by atoms with Gasteiger partial charge in [0, 0.05) is 6.42 Å². The number of rotatable bonds is 4. The third-order valence-corrected chi connectivity index (χ3v) is 2.42. The topological polar surface area (TPSA) is 69.1 Å². The summed E-state index contributed by atoms with van der Waals surface area (Å²) in [6, 6.07) is 10.1. The van der Waals surface area contributed by atoms with Gasteiger partial charge in [-0.3, -0.25) is 0 Å². The van der Waals surface area contributed by atoms with Crippen molar-refractivity contribution in [3.05, 3.63) is 53.6 Å². The molecule has 0 bridgehead atoms. The van der Waals surface area contributed by atoms with Crippen molar-refractivity contribution in [1.29, 1.82) is 0 Å². The van der Waals surface area contributed by atoms with Crippen molar-refractivity contribution in [2.24, 2.45) is 0 Å². The molecule has 1 aromatic heterocycles. The van der Waals surface area contributed by atoms with Crippen LogP contribution in [0.25, 0.3) is 0 Å². The van der Waals surface area contributed by atoms with Gasteiger partial charge >= 0.3 is 0 Å². The molecule has 2 rings (SSSR count). The summed E-state index contributed by atoms with van der Waals surface area (Å²) < 4.78 is 0. The van der Waals surface area contributed by atoms with Gasteiger partial charge in [0.05, 0.1) is 11.9 Å². The fourth-order valence-corrected chi connectivity index (χ4v) is 1.54. The molecule has 0 spiro atoms. The fraction of sp³-hybridized carbons (Fsp3) is 0.250. The van der Waals surface area contributed by atoms with Gasteiger partial charge in [0.15, 0.2) is 6.29 Å². The number of imidazole rings is 1. The summed E-state index contributed by atoms with van der Waals surface area (Å²) in [5.41, 5.74) is 1.58. The lowest BCUT2D eigenvalue weighted by molar-refractivity contribution is -0.0456. The van der Waals surface area contributed by atoms with Crippen molar-refractivity contribution in [2.75, 3.05) is 0 Å². The van der Waals surface area contributed by atoms with Crippen molar-refractivity contribution >= 4 is 0 Å². The Bertz CT molecular complexity index is 437. The van der Waals surface area contributed by atoms with Crippen LogP contribution < -0.4 is 0 Å². The number of H-pyrrole nitrogens is 1. The molecule has 0 saturated carbocycles. The third-order valence-electron chi connectivity index (χ3n) is 2.42. The van der Waals surface area contributed by atoms with Crippen molar-refractivity contribution in [3.8, 4) is 0 Å². The lowest BCUT2D eigenvalue weighted by Gasteiger charge is -1.99. The van der Waals surface area contributed by atoms with E-state index in [1.807, 2.05) is 18.2 Å². The largest absolute Gasteiger partial charge is 0.363 e. The lowest BCUT2D eigenvalue weighted by Crippen LogP contribution is -1.97. The maximum absolute atomic E-state index is 8.91. The smallest absolute Gasteiger partial charge is 0.195 e. The molecule has 0 fully saturated rings. The number of benzene rings is 1. The van der Waals surface area contributed by atoms with Crippen LogP contribution in [0.1, 0.15) is 23.4 Å². The Hall–Kier alpha value is -1.65. The highest BCUT2D eigenvalue weighted by Crippen LogP contribution is 2.08. The minimum Gasteiger partial charge on any atom is -0.363 e. The monoisotopic (exact) mass is 218 g/mol. The van der Waals surface area contributed by atoms with Gasteiger partial charge in [-0.15, -0.1) is 0 Å². The van der Waals surface area contributed by atoms with Crippen molar-refractivity contribution in [1.82, 2.24) is 9.97 Å². The van der Waals surface area contributed by atoms with E-state index < -0.39 is 6.29 Å². The number of aliphatic hydroxyl groups excluding tert-OH is 1. The van der Waals surface area contributed by atoms with Gasteiger partial charge < -0.3 is 15.2 Å². The van der Waals surface area contributed by atoms with Gasteiger partial charge in [-0.1, -0.05) is 30.3 Å². The van der Waals surface area contributed by atoms with E-state index in [1.54, 1.807) is 0 Å². The number of aromatic nitrogens is 2. The van der Waals surface area contributed by atoms with Crippen LogP contribution in [-0.4, -0.2) is 20.2 Å². The maximum Gasteiger partial charge on any atom is 0.195 e. The molecule has 0 amide bonds. The van der Waals surface area contributed by atoms with E-state index in [0.29, 0.717) is 5.69 Å². The number of aryl methyl sites for hydroxylation is 2. The van der Waals surface area contributed by atoms with Gasteiger partial charge in [0.25, 0.3) is 0 Å². The Labute approximate surface area is 93.6 Å². The average Bonchev–Trinajstić information content (AvgIpc) is 2.76. The summed E-state index contributed by atoms with van der Waals surface area (Å²) in [6.07, 6.45) is 1.62. The van der Waals surface area contributed by atoms with E-state index in [2.05, 4.69) is 22.1 Å².